The average molecular weight is 612 g/mol. The second kappa shape index (κ2) is 13.9. The molecule has 1 N–H and O–H groups in total. The number of amides is 2. The van der Waals surface area contributed by atoms with E-state index in [-0.39, 0.29) is 23.8 Å². The minimum Gasteiger partial charge on any atom is -0.350 e. The number of nitrogens with one attached hydrogen (secondary N) is 1. The van der Waals surface area contributed by atoms with Gasteiger partial charge >= 0.3 is 0 Å². The van der Waals surface area contributed by atoms with E-state index in [1.54, 1.807) is 30.3 Å². The summed E-state index contributed by atoms with van der Waals surface area (Å²) in [6.45, 7) is 9.11. The van der Waals surface area contributed by atoms with Crippen LogP contribution in [-0.2, 0) is 32.6 Å². The summed E-state index contributed by atoms with van der Waals surface area (Å²) in [7, 11) is -4.13. The smallest absolute Gasteiger partial charge is 0.264 e. The van der Waals surface area contributed by atoms with Gasteiger partial charge in [0.25, 0.3) is 10.0 Å². The molecule has 230 valence electrons. The number of para-hydroxylation sites is 1. The van der Waals surface area contributed by atoms with Crippen LogP contribution in [-0.4, -0.2) is 43.3 Å². The Morgan fingerprint density at radius 2 is 1.32 bits per heavy atom. The third-order valence-electron chi connectivity index (χ3n) is 7.24. The van der Waals surface area contributed by atoms with Crippen LogP contribution in [0.1, 0.15) is 43.0 Å². The zero-order valence-corrected chi connectivity index (χ0v) is 26.8. The molecule has 0 aliphatic rings. The van der Waals surface area contributed by atoms with E-state index in [1.807, 2.05) is 101 Å². The van der Waals surface area contributed by atoms with Gasteiger partial charge < -0.3 is 10.2 Å². The highest BCUT2D eigenvalue weighted by molar-refractivity contribution is 7.92. The third kappa shape index (κ3) is 8.35. The molecule has 8 heteroatoms. The lowest BCUT2D eigenvalue weighted by Gasteiger charge is -2.35. The number of hydrogen-bond acceptors (Lipinski definition) is 4. The number of nitrogens with zero attached hydrogens (tertiary/aromatic N) is 2. The van der Waals surface area contributed by atoms with Crippen molar-refractivity contribution in [1.29, 1.82) is 0 Å². The molecule has 4 rings (SSSR count). The summed E-state index contributed by atoms with van der Waals surface area (Å²) in [5.41, 5.74) is 3.34. The first kappa shape index (κ1) is 32.5. The van der Waals surface area contributed by atoms with Crippen molar-refractivity contribution in [3.63, 3.8) is 0 Å². The fraction of sp³-hybridized carbons (Fsp3) is 0.278. The fourth-order valence-corrected chi connectivity index (χ4v) is 6.47. The maximum Gasteiger partial charge on any atom is 0.264 e. The maximum absolute atomic E-state index is 14.5. The predicted molar refractivity (Wildman–Crippen MR) is 176 cm³/mol. The van der Waals surface area contributed by atoms with Gasteiger partial charge in [-0.05, 0) is 69.5 Å². The lowest BCUT2D eigenvalue weighted by molar-refractivity contribution is -0.140. The zero-order valence-electron chi connectivity index (χ0n) is 26.0. The second-order valence-electron chi connectivity index (χ2n) is 12.1. The summed E-state index contributed by atoms with van der Waals surface area (Å²) in [5.74, 6) is -0.798. The Morgan fingerprint density at radius 3 is 1.91 bits per heavy atom. The summed E-state index contributed by atoms with van der Waals surface area (Å²) in [6.07, 6.45) is 0.260. The molecule has 7 nitrogen and oxygen atoms in total. The molecule has 0 bridgehead atoms. The second-order valence-corrected chi connectivity index (χ2v) is 13.9. The molecule has 0 spiro atoms. The van der Waals surface area contributed by atoms with Crippen molar-refractivity contribution in [1.82, 2.24) is 10.2 Å². The Bertz CT molecular complexity index is 1670. The van der Waals surface area contributed by atoms with Crippen molar-refractivity contribution < 1.29 is 18.0 Å². The first-order valence-electron chi connectivity index (χ1n) is 14.7. The fourth-order valence-electron chi connectivity index (χ4n) is 4.97. The normalized spacial score (nSPS) is 12.3. The molecule has 0 aliphatic carbocycles. The molecule has 0 saturated carbocycles. The minimum atomic E-state index is -4.13. The van der Waals surface area contributed by atoms with Crippen molar-refractivity contribution >= 4 is 27.5 Å². The van der Waals surface area contributed by atoms with Gasteiger partial charge in [-0.25, -0.2) is 8.42 Å². The Balaban J connectivity index is 1.82. The van der Waals surface area contributed by atoms with Crippen LogP contribution in [0.3, 0.4) is 0 Å². The van der Waals surface area contributed by atoms with E-state index in [9.17, 15) is 18.0 Å². The SMILES string of the molecule is Cc1ccc(CN(C(=O)CN(c2ccccc2C)S(=O)(=O)c2ccccc2)[C@H](Cc2ccccc2)C(=O)NC(C)(C)C)cc1. The van der Waals surface area contributed by atoms with Crippen LogP contribution in [0.15, 0.2) is 114 Å². The van der Waals surface area contributed by atoms with Gasteiger partial charge in [-0.15, -0.1) is 0 Å². The molecule has 1 atom stereocenters. The topological polar surface area (TPSA) is 86.8 Å². The number of hydrogen-bond donors (Lipinski definition) is 1. The molecule has 2 amide bonds. The predicted octanol–water partition coefficient (Wildman–Crippen LogP) is 6.05. The van der Waals surface area contributed by atoms with Gasteiger partial charge in [0.1, 0.15) is 12.6 Å². The van der Waals surface area contributed by atoms with E-state index in [0.717, 1.165) is 21.0 Å². The van der Waals surface area contributed by atoms with E-state index in [4.69, 9.17) is 0 Å². The van der Waals surface area contributed by atoms with Gasteiger partial charge in [-0.1, -0.05) is 96.6 Å². The van der Waals surface area contributed by atoms with Crippen molar-refractivity contribution in [2.24, 2.45) is 0 Å². The van der Waals surface area contributed by atoms with Crippen molar-refractivity contribution in [3.05, 3.63) is 131 Å². The zero-order chi connectivity index (χ0) is 31.9. The molecule has 0 heterocycles. The van der Waals surface area contributed by atoms with Gasteiger partial charge in [0.05, 0.1) is 10.6 Å². The Hall–Kier alpha value is -4.43. The number of sulfonamides is 1. The van der Waals surface area contributed by atoms with Crippen LogP contribution >= 0.6 is 0 Å². The van der Waals surface area contributed by atoms with Gasteiger partial charge in [0.2, 0.25) is 11.8 Å². The number of carbonyl (C=O) groups excluding carboxylic acids is 2. The number of benzene rings is 4. The minimum absolute atomic E-state index is 0.0763. The van der Waals surface area contributed by atoms with Gasteiger partial charge in [-0.3, -0.25) is 13.9 Å². The van der Waals surface area contributed by atoms with Crippen molar-refractivity contribution in [2.45, 2.75) is 64.1 Å². The quantitative estimate of drug-likeness (QED) is 0.224. The van der Waals surface area contributed by atoms with E-state index in [1.165, 1.54) is 17.0 Å². The first-order valence-corrected chi connectivity index (χ1v) is 16.1. The molecule has 0 aliphatic heterocycles. The molecule has 4 aromatic carbocycles. The number of carbonyl (C=O) groups is 2. The van der Waals surface area contributed by atoms with Crippen molar-refractivity contribution in [3.8, 4) is 0 Å². The van der Waals surface area contributed by atoms with Crippen molar-refractivity contribution in [2.75, 3.05) is 10.8 Å². The Kier molecular flexibility index (Phi) is 10.3. The Labute approximate surface area is 261 Å². The lowest BCUT2D eigenvalue weighted by Crippen LogP contribution is -2.56. The highest BCUT2D eigenvalue weighted by Crippen LogP contribution is 2.27. The summed E-state index contributed by atoms with van der Waals surface area (Å²) >= 11 is 0. The average Bonchev–Trinajstić information content (AvgIpc) is 2.99. The lowest BCUT2D eigenvalue weighted by atomic mass is 10.0. The molecule has 4 aromatic rings. The summed E-state index contributed by atoms with van der Waals surface area (Å²) in [4.78, 5) is 30.1. The van der Waals surface area contributed by atoms with E-state index < -0.39 is 34.1 Å². The Morgan fingerprint density at radius 1 is 0.750 bits per heavy atom. The molecule has 0 saturated heterocycles. The van der Waals surface area contributed by atoms with E-state index in [0.29, 0.717) is 11.3 Å². The van der Waals surface area contributed by atoms with Gasteiger partial charge in [-0.2, -0.15) is 0 Å². The largest absolute Gasteiger partial charge is 0.350 e. The van der Waals surface area contributed by atoms with Crippen LogP contribution in [0.25, 0.3) is 0 Å². The first-order chi connectivity index (χ1) is 20.8. The summed E-state index contributed by atoms with van der Waals surface area (Å²) in [6, 6.07) is 31.6. The highest BCUT2D eigenvalue weighted by Gasteiger charge is 2.35. The maximum atomic E-state index is 14.5. The summed E-state index contributed by atoms with van der Waals surface area (Å²) < 4.78 is 29.4. The van der Waals surface area contributed by atoms with Crippen LogP contribution in [0.4, 0.5) is 5.69 Å². The van der Waals surface area contributed by atoms with Crippen LogP contribution in [0.5, 0.6) is 0 Å². The number of aryl methyl sites for hydroxylation is 2. The van der Waals surface area contributed by atoms with E-state index >= 15 is 0 Å². The molecular formula is C36H41N3O4S. The highest BCUT2D eigenvalue weighted by atomic mass is 32.2. The molecule has 0 aromatic heterocycles. The molecule has 0 radical (unpaired) electrons. The molecule has 0 fully saturated rings. The van der Waals surface area contributed by atoms with Crippen LogP contribution in [0, 0.1) is 13.8 Å². The number of rotatable bonds is 11. The van der Waals surface area contributed by atoms with Crippen LogP contribution < -0.4 is 9.62 Å². The van der Waals surface area contributed by atoms with Gasteiger partial charge in [0, 0.05) is 18.5 Å². The number of anilines is 1. The molecule has 0 unspecified atom stereocenters. The molecule has 44 heavy (non-hydrogen) atoms. The van der Waals surface area contributed by atoms with Crippen LogP contribution in [0.2, 0.25) is 0 Å². The molecular weight excluding hydrogens is 570 g/mol. The monoisotopic (exact) mass is 611 g/mol. The van der Waals surface area contributed by atoms with E-state index in [2.05, 4.69) is 5.32 Å². The standard InChI is InChI=1S/C36H41N3O4S/c1-27-20-22-30(23-21-27)25-38(33(35(41)37-36(3,4)5)24-29-15-8-6-9-16-29)34(40)26-39(32-19-13-12-14-28(32)2)44(42,43)31-17-10-7-11-18-31/h6-23,33H,24-26H2,1-5H3,(H,37,41)/t33-/m1/s1. The third-order valence-corrected chi connectivity index (χ3v) is 9.01. The summed E-state index contributed by atoms with van der Waals surface area (Å²) in [5, 5.41) is 3.06. The van der Waals surface area contributed by atoms with Gasteiger partial charge in [0.15, 0.2) is 0 Å².